The molecular formula is C13H13F3OS. The molecule has 1 aromatic heterocycles. The molecule has 0 saturated heterocycles. The molecule has 5 heteroatoms. The molecule has 0 aliphatic carbocycles. The van der Waals surface area contributed by atoms with Crippen molar-refractivity contribution in [1.29, 1.82) is 0 Å². The lowest BCUT2D eigenvalue weighted by molar-refractivity contribution is -0.136. The Bertz CT molecular complexity index is 564. The minimum Gasteiger partial charge on any atom is -0.390 e. The first kappa shape index (κ1) is 13.4. The highest BCUT2D eigenvalue weighted by Gasteiger charge is 2.33. The molecule has 0 atom stereocenters. The standard InChI is InChI=1S/C13H13F3OS/c1-12(2,17)7-8-6-9-10(13(14,15)16)4-3-5-11(9)18-8/h3-6,17H,7H2,1-2H3. The van der Waals surface area contributed by atoms with Crippen LogP contribution in [0.5, 0.6) is 0 Å². The van der Waals surface area contributed by atoms with E-state index in [9.17, 15) is 18.3 Å². The SMILES string of the molecule is CC(C)(O)Cc1cc2c(C(F)(F)F)cccc2s1. The van der Waals surface area contributed by atoms with E-state index in [1.54, 1.807) is 19.9 Å². The Morgan fingerprint density at radius 2 is 1.89 bits per heavy atom. The van der Waals surface area contributed by atoms with Crippen LogP contribution in [-0.2, 0) is 12.6 Å². The van der Waals surface area contributed by atoms with Gasteiger partial charge in [-0.3, -0.25) is 0 Å². The third kappa shape index (κ3) is 2.84. The van der Waals surface area contributed by atoms with Crippen LogP contribution in [0, 0.1) is 0 Å². The van der Waals surface area contributed by atoms with Gasteiger partial charge in [-0.1, -0.05) is 6.07 Å². The minimum atomic E-state index is -4.34. The minimum absolute atomic E-state index is 0.217. The number of hydrogen-bond acceptors (Lipinski definition) is 2. The maximum Gasteiger partial charge on any atom is 0.417 e. The zero-order chi connectivity index (χ0) is 13.6. The van der Waals surface area contributed by atoms with Gasteiger partial charge in [0.15, 0.2) is 0 Å². The molecule has 1 N–H and O–H groups in total. The van der Waals surface area contributed by atoms with E-state index >= 15 is 0 Å². The Balaban J connectivity index is 2.52. The topological polar surface area (TPSA) is 20.2 Å². The van der Waals surface area contributed by atoms with Crippen LogP contribution >= 0.6 is 11.3 Å². The first-order chi connectivity index (χ1) is 8.17. The van der Waals surface area contributed by atoms with E-state index in [1.807, 2.05) is 0 Å². The molecule has 0 radical (unpaired) electrons. The monoisotopic (exact) mass is 274 g/mol. The molecule has 0 bridgehead atoms. The molecular weight excluding hydrogens is 261 g/mol. The Labute approximate surface area is 107 Å². The van der Waals surface area contributed by atoms with Gasteiger partial charge in [0.25, 0.3) is 0 Å². The number of benzene rings is 1. The van der Waals surface area contributed by atoms with Crippen molar-refractivity contribution in [1.82, 2.24) is 0 Å². The third-order valence-corrected chi connectivity index (χ3v) is 3.63. The molecule has 2 rings (SSSR count). The van der Waals surface area contributed by atoms with Gasteiger partial charge >= 0.3 is 6.18 Å². The second kappa shape index (κ2) is 4.24. The number of alkyl halides is 3. The predicted octanol–water partition coefficient (Wildman–Crippen LogP) is 4.23. The number of halogens is 3. The van der Waals surface area contributed by atoms with Crippen LogP contribution < -0.4 is 0 Å². The van der Waals surface area contributed by atoms with Gasteiger partial charge < -0.3 is 5.11 Å². The van der Waals surface area contributed by atoms with Crippen molar-refractivity contribution in [3.05, 3.63) is 34.7 Å². The summed E-state index contributed by atoms with van der Waals surface area (Å²) < 4.78 is 39.1. The molecule has 2 aromatic rings. The smallest absolute Gasteiger partial charge is 0.390 e. The van der Waals surface area contributed by atoms with Gasteiger partial charge in [-0.15, -0.1) is 11.3 Å². The van der Waals surface area contributed by atoms with E-state index in [0.29, 0.717) is 11.1 Å². The summed E-state index contributed by atoms with van der Waals surface area (Å²) in [6.45, 7) is 3.28. The summed E-state index contributed by atoms with van der Waals surface area (Å²) >= 11 is 1.29. The van der Waals surface area contributed by atoms with E-state index in [-0.39, 0.29) is 5.39 Å². The van der Waals surface area contributed by atoms with E-state index < -0.39 is 17.3 Å². The molecule has 0 saturated carbocycles. The van der Waals surface area contributed by atoms with Crippen LogP contribution in [0.15, 0.2) is 24.3 Å². The summed E-state index contributed by atoms with van der Waals surface area (Å²) in [7, 11) is 0. The fourth-order valence-electron chi connectivity index (χ4n) is 1.87. The van der Waals surface area contributed by atoms with E-state index in [1.165, 1.54) is 23.5 Å². The van der Waals surface area contributed by atoms with Crippen molar-refractivity contribution < 1.29 is 18.3 Å². The molecule has 1 heterocycles. The molecule has 1 aromatic carbocycles. The lowest BCUT2D eigenvalue weighted by Gasteiger charge is -2.14. The molecule has 0 aliphatic heterocycles. The van der Waals surface area contributed by atoms with Crippen molar-refractivity contribution >= 4 is 21.4 Å². The van der Waals surface area contributed by atoms with E-state index in [2.05, 4.69) is 0 Å². The maximum absolute atomic E-state index is 12.8. The highest BCUT2D eigenvalue weighted by Crippen LogP contribution is 2.38. The average Bonchev–Trinajstić information content (AvgIpc) is 2.53. The van der Waals surface area contributed by atoms with Crippen LogP contribution in [0.1, 0.15) is 24.3 Å². The van der Waals surface area contributed by atoms with Crippen LogP contribution in [0.4, 0.5) is 13.2 Å². The van der Waals surface area contributed by atoms with Gasteiger partial charge in [0.05, 0.1) is 11.2 Å². The summed E-state index contributed by atoms with van der Waals surface area (Å²) in [5, 5.41) is 9.93. The average molecular weight is 274 g/mol. The zero-order valence-corrected chi connectivity index (χ0v) is 10.8. The Kier molecular flexibility index (Phi) is 3.15. The Hall–Kier alpha value is -1.07. The number of hydrogen-bond donors (Lipinski definition) is 1. The second-order valence-corrected chi connectivity index (χ2v) is 6.09. The number of fused-ring (bicyclic) bond motifs is 1. The third-order valence-electron chi connectivity index (χ3n) is 2.52. The van der Waals surface area contributed by atoms with Crippen LogP contribution in [0.25, 0.3) is 10.1 Å². The molecule has 1 nitrogen and oxygen atoms in total. The van der Waals surface area contributed by atoms with E-state index in [4.69, 9.17) is 0 Å². The predicted molar refractivity (Wildman–Crippen MR) is 66.8 cm³/mol. The van der Waals surface area contributed by atoms with Crippen molar-refractivity contribution in [2.24, 2.45) is 0 Å². The molecule has 98 valence electrons. The lowest BCUT2D eigenvalue weighted by atomic mass is 10.0. The summed E-state index contributed by atoms with van der Waals surface area (Å²) in [5.74, 6) is 0. The van der Waals surface area contributed by atoms with Crippen molar-refractivity contribution in [3.63, 3.8) is 0 Å². The van der Waals surface area contributed by atoms with Crippen molar-refractivity contribution in [2.45, 2.75) is 32.0 Å². The summed E-state index contributed by atoms with van der Waals surface area (Å²) in [5.41, 5.74) is -1.53. The largest absolute Gasteiger partial charge is 0.417 e. The maximum atomic E-state index is 12.8. The number of thiophene rings is 1. The normalized spacial score (nSPS) is 13.2. The van der Waals surface area contributed by atoms with Gasteiger partial charge in [0.2, 0.25) is 0 Å². The molecule has 0 unspecified atom stereocenters. The fourth-order valence-corrected chi connectivity index (χ4v) is 3.18. The number of rotatable bonds is 2. The molecule has 0 aliphatic rings. The highest BCUT2D eigenvalue weighted by atomic mass is 32.1. The Morgan fingerprint density at radius 1 is 1.22 bits per heavy atom. The van der Waals surface area contributed by atoms with Crippen LogP contribution in [0.2, 0.25) is 0 Å². The van der Waals surface area contributed by atoms with Gasteiger partial charge in [0.1, 0.15) is 0 Å². The molecule has 0 amide bonds. The van der Waals surface area contributed by atoms with Crippen LogP contribution in [-0.4, -0.2) is 10.7 Å². The summed E-state index contributed by atoms with van der Waals surface area (Å²) in [6.07, 6.45) is -3.99. The summed E-state index contributed by atoms with van der Waals surface area (Å²) in [6, 6.07) is 5.70. The van der Waals surface area contributed by atoms with Crippen LogP contribution in [0.3, 0.4) is 0 Å². The van der Waals surface area contributed by atoms with Crippen molar-refractivity contribution in [2.75, 3.05) is 0 Å². The number of aliphatic hydroxyl groups is 1. The Morgan fingerprint density at radius 3 is 2.44 bits per heavy atom. The first-order valence-corrected chi connectivity index (χ1v) is 6.29. The first-order valence-electron chi connectivity index (χ1n) is 5.48. The van der Waals surface area contributed by atoms with E-state index in [0.717, 1.165) is 10.9 Å². The lowest BCUT2D eigenvalue weighted by Crippen LogP contribution is -2.21. The highest BCUT2D eigenvalue weighted by molar-refractivity contribution is 7.19. The van der Waals surface area contributed by atoms with Gasteiger partial charge in [-0.25, -0.2) is 0 Å². The van der Waals surface area contributed by atoms with Gasteiger partial charge in [-0.2, -0.15) is 13.2 Å². The molecule has 0 fully saturated rings. The van der Waals surface area contributed by atoms with Crippen molar-refractivity contribution in [3.8, 4) is 0 Å². The summed E-state index contributed by atoms with van der Waals surface area (Å²) in [4.78, 5) is 0.759. The van der Waals surface area contributed by atoms with Gasteiger partial charge in [-0.05, 0) is 32.0 Å². The zero-order valence-electron chi connectivity index (χ0n) is 10.0. The molecule has 18 heavy (non-hydrogen) atoms. The van der Waals surface area contributed by atoms with Gasteiger partial charge in [0, 0.05) is 21.4 Å². The molecule has 0 spiro atoms. The quantitative estimate of drug-likeness (QED) is 0.868. The second-order valence-electron chi connectivity index (χ2n) is 4.92. The fraction of sp³-hybridized carbons (Fsp3) is 0.385.